The van der Waals surface area contributed by atoms with Crippen molar-refractivity contribution in [2.24, 2.45) is 80.8 Å². The summed E-state index contributed by atoms with van der Waals surface area (Å²) in [4.78, 5) is 0. The van der Waals surface area contributed by atoms with Gasteiger partial charge in [0.25, 0.3) is 0 Å². The van der Waals surface area contributed by atoms with Crippen molar-refractivity contribution in [2.45, 2.75) is 207 Å². The lowest BCUT2D eigenvalue weighted by atomic mass is 9.44. The van der Waals surface area contributed by atoms with Gasteiger partial charge in [-0.1, -0.05) is 27.7 Å². The molecule has 0 spiro atoms. The van der Waals surface area contributed by atoms with E-state index in [1.165, 1.54) is 91.6 Å². The maximum atomic E-state index is 10.7. The van der Waals surface area contributed by atoms with Gasteiger partial charge in [0.2, 0.25) is 0 Å². The average molecular weight is 1060 g/mol. The van der Waals surface area contributed by atoms with Gasteiger partial charge < -0.3 is 29.9 Å². The smallest absolute Gasteiger partial charge is 0.147 e. The van der Waals surface area contributed by atoms with Crippen molar-refractivity contribution in [3.63, 3.8) is 0 Å². The lowest BCUT2D eigenvalue weighted by Crippen LogP contribution is -2.55. The number of ether oxygens (including phenoxy) is 2. The fraction of sp³-hybridized carbons (Fsp3) is 1.00. The molecule has 0 radical (unpaired) electrons. The van der Waals surface area contributed by atoms with Crippen LogP contribution in [-0.2, 0) is 9.47 Å². The summed E-state index contributed by atoms with van der Waals surface area (Å²) in [7, 11) is 0. The molecule has 9 heteroatoms. The Bertz CT molecular complexity index is 1430. The highest BCUT2D eigenvalue weighted by Crippen LogP contribution is 2.69. The lowest BCUT2D eigenvalue weighted by Gasteiger charge is -2.62. The Morgan fingerprint density at radius 2 is 1.02 bits per heavy atom. The minimum absolute atomic E-state index is 0.250. The summed E-state index contributed by atoms with van der Waals surface area (Å²) in [5.74, 6) is 7.83. The van der Waals surface area contributed by atoms with Crippen molar-refractivity contribution >= 4 is 45.7 Å². The maximum absolute atomic E-state index is 10.7. The number of rotatable bonds is 5. The first-order chi connectivity index (χ1) is 27.7. The highest BCUT2D eigenvalue weighted by Gasteiger charge is 2.62. The highest BCUT2D eigenvalue weighted by molar-refractivity contribution is 14.2. The van der Waals surface area contributed by atoms with Gasteiger partial charge in [-0.25, -0.2) is 1.74 Å². The Morgan fingerprint density at radius 3 is 1.41 bits per heavy atom. The first-order valence-corrected chi connectivity index (χ1v) is 26.2. The van der Waals surface area contributed by atoms with E-state index in [9.17, 15) is 20.4 Å². The van der Waals surface area contributed by atoms with Crippen LogP contribution in [-0.4, -0.2) is 69.3 Å². The third kappa shape index (κ3) is 10.6. The minimum Gasteiger partial charge on any atom is -0.396 e. The van der Waals surface area contributed by atoms with Crippen molar-refractivity contribution in [2.75, 3.05) is 26.4 Å². The molecular formula is C50H89I2NO6. The largest absolute Gasteiger partial charge is 0.396 e. The predicted molar refractivity (Wildman–Crippen MR) is 257 cm³/mol. The third-order valence-electron chi connectivity index (χ3n) is 20.0. The van der Waals surface area contributed by atoms with Gasteiger partial charge in [-0.3, -0.25) is 0 Å². The van der Waals surface area contributed by atoms with Crippen molar-refractivity contribution < 1.29 is 31.3 Å². The molecule has 1 aliphatic heterocycles. The van der Waals surface area contributed by atoms with E-state index in [4.69, 9.17) is 10.9 Å². The Hall–Kier alpha value is 1.18. The Balaban J connectivity index is 0.000000169. The first-order valence-electron chi connectivity index (χ1n) is 24.7. The molecule has 7 nitrogen and oxygen atoms in total. The number of aliphatic hydroxyl groups excluding tert-OH is 1. The molecular weight excluding hydrogens is 964 g/mol. The molecule has 59 heavy (non-hydrogen) atoms. The Kier molecular flexibility index (Phi) is 15.1. The molecule has 1 heterocycles. The SMILES string of the molecule is CC(C)(O)COC[C@H]1CC[C@H]2[C@@H]3CC[C@H]4C[C@@](C)(O)CC[C@]4(C)[C@H]3CC[C@]12C.CC1(C)CO1.C[C@]1(O)CC[C@@]2(C)[C@@H](CC[C@@H]3[C@@H]2CC[C@]2(C)[C@@H](CO)CC[C@@H]32)C1.[3H]N(I)I. The van der Waals surface area contributed by atoms with Gasteiger partial charge in [-0.15, -0.1) is 0 Å². The lowest BCUT2D eigenvalue weighted by molar-refractivity contribution is -0.149. The predicted octanol–water partition coefficient (Wildman–Crippen LogP) is 11.6. The second-order valence-corrected chi connectivity index (χ2v) is 27.8. The van der Waals surface area contributed by atoms with Crippen LogP contribution in [0.2, 0.25) is 1.41 Å². The molecule has 8 aliphatic carbocycles. The zero-order valence-electron chi connectivity index (χ0n) is 40.1. The summed E-state index contributed by atoms with van der Waals surface area (Å²) >= 11 is 3.66. The fourth-order valence-corrected chi connectivity index (χ4v) is 16.2. The quantitative estimate of drug-likeness (QED) is 0.106. The molecule has 9 aliphatic rings. The van der Waals surface area contributed by atoms with Gasteiger partial charge >= 0.3 is 0 Å². The van der Waals surface area contributed by atoms with E-state index in [-0.39, 0.29) is 5.60 Å². The van der Waals surface area contributed by atoms with Crippen LogP contribution < -0.4 is 1.74 Å². The second-order valence-electron chi connectivity index (χ2n) is 25.0. The van der Waals surface area contributed by atoms with Gasteiger partial charge in [0.1, 0.15) is 1.41 Å². The molecule has 344 valence electrons. The Labute approximate surface area is 390 Å². The molecule has 0 bridgehead atoms. The summed E-state index contributed by atoms with van der Waals surface area (Å²) in [5, 5.41) is 41.0. The van der Waals surface area contributed by atoms with E-state index in [1.54, 1.807) is 0 Å². The summed E-state index contributed by atoms with van der Waals surface area (Å²) in [5.41, 5.74) is 0.396. The third-order valence-corrected chi connectivity index (χ3v) is 20.0. The van der Waals surface area contributed by atoms with Crippen LogP contribution >= 0.6 is 45.7 Å². The second kappa shape index (κ2) is 18.5. The van der Waals surface area contributed by atoms with Crippen molar-refractivity contribution in [3.8, 4) is 0 Å². The van der Waals surface area contributed by atoms with Crippen molar-refractivity contribution in [3.05, 3.63) is 0 Å². The summed E-state index contributed by atoms with van der Waals surface area (Å²) in [6.45, 7) is 24.7. The number of hydrogen-bond acceptors (Lipinski definition) is 7. The van der Waals surface area contributed by atoms with E-state index < -0.39 is 16.8 Å². The first kappa shape index (κ1) is 48.1. The topological polar surface area (TPSA) is 115 Å². The zero-order valence-corrected chi connectivity index (χ0v) is 43.5. The Morgan fingerprint density at radius 1 is 0.627 bits per heavy atom. The molecule has 9 rings (SSSR count). The van der Waals surface area contributed by atoms with Crippen LogP contribution in [0.4, 0.5) is 0 Å². The van der Waals surface area contributed by atoms with Gasteiger partial charge in [0, 0.05) is 52.3 Å². The molecule has 0 unspecified atom stereocenters. The molecule has 8 saturated carbocycles. The number of fused-ring (bicyclic) bond motifs is 10. The van der Waals surface area contributed by atoms with Crippen molar-refractivity contribution in [1.82, 2.24) is 1.74 Å². The summed E-state index contributed by atoms with van der Waals surface area (Å²) in [6, 6.07) is 0. The van der Waals surface area contributed by atoms with E-state index in [0.29, 0.717) is 52.6 Å². The number of hydrogen-bond donors (Lipinski definition) is 5. The van der Waals surface area contributed by atoms with E-state index in [1.807, 2.05) is 59.6 Å². The van der Waals surface area contributed by atoms with Crippen molar-refractivity contribution in [1.29, 1.82) is 0 Å². The normalized spacial score (nSPS) is 50.6. The number of aliphatic hydroxyl groups is 4. The molecule has 0 aromatic heterocycles. The molecule has 5 N–H and O–H groups in total. The fourth-order valence-electron chi connectivity index (χ4n) is 16.2. The van der Waals surface area contributed by atoms with Crippen LogP contribution in [0, 0.1) is 80.8 Å². The van der Waals surface area contributed by atoms with Gasteiger partial charge in [0.15, 0.2) is 0 Å². The summed E-state index contributed by atoms with van der Waals surface area (Å²) < 4.78 is 18.5. The van der Waals surface area contributed by atoms with E-state index in [0.717, 1.165) is 80.3 Å². The van der Waals surface area contributed by atoms with E-state index >= 15 is 0 Å². The monoisotopic (exact) mass is 1060 g/mol. The highest BCUT2D eigenvalue weighted by atomic mass is 127. The number of halogens is 2. The van der Waals surface area contributed by atoms with Crippen LogP contribution in [0.25, 0.3) is 0 Å². The number of epoxide rings is 1. The van der Waals surface area contributed by atoms with Gasteiger partial charge in [-0.05, 0) is 238 Å². The zero-order chi connectivity index (χ0) is 44.3. The maximum Gasteiger partial charge on any atom is 0.147 e. The molecule has 0 amide bonds. The van der Waals surface area contributed by atoms with Gasteiger partial charge in [-0.2, -0.15) is 0 Å². The van der Waals surface area contributed by atoms with Crippen LogP contribution in [0.3, 0.4) is 0 Å². The summed E-state index contributed by atoms with van der Waals surface area (Å²) in [6.07, 6.45) is 22.5. The van der Waals surface area contributed by atoms with E-state index in [2.05, 4.69) is 55.4 Å². The minimum atomic E-state index is -0.730. The van der Waals surface area contributed by atoms with Gasteiger partial charge in [0.05, 0.1) is 42.2 Å². The molecule has 16 atom stereocenters. The average Bonchev–Trinajstić information content (AvgIpc) is 3.56. The number of nitrogens with one attached hydrogen (secondary N) is 1. The molecule has 1 saturated heterocycles. The van der Waals surface area contributed by atoms with Crippen LogP contribution in [0.15, 0.2) is 0 Å². The standard InChI is InChI=1S/C25H44O3.C21H36O2.C4H8O.HI2N/c1-22(2,26)16-28-15-18-7-9-20-19-8-6-17-14-23(3,27)12-13-25(17,5)21(19)10-11-24(18,20)4;1-19(23)10-11-21(3)14(12-19)4-6-16-17-7-5-15(13-22)20(17,2)9-8-18(16)21;1-4(2)3-5-4;1-3-2/h17-21,26-27H,6-16H2,1-5H3;14-18,22-23H,4-13H2,1-3H3;3H2,1-2H3;3H/t17-,18+,19-,20-,21-,23-,24+,25-;14-,15+,16-,17-,18-,19-,20+,21-;;/m00../s1/i/hT. The van der Waals surface area contributed by atoms with Crippen LogP contribution in [0.5, 0.6) is 0 Å². The molecule has 9 fully saturated rings. The van der Waals surface area contributed by atoms with Crippen LogP contribution in [0.1, 0.15) is 185 Å². The molecule has 0 aromatic carbocycles. The molecule has 0 aromatic rings.